The van der Waals surface area contributed by atoms with Gasteiger partial charge in [-0.2, -0.15) is 0 Å². The van der Waals surface area contributed by atoms with Crippen molar-refractivity contribution in [3.05, 3.63) is 0 Å². The van der Waals surface area contributed by atoms with Crippen molar-refractivity contribution in [2.45, 2.75) is 83.7 Å². The molecule has 3 nitrogen and oxygen atoms in total. The number of carbonyl (C=O) groups is 1. The van der Waals surface area contributed by atoms with Crippen LogP contribution in [0.5, 0.6) is 0 Å². The van der Waals surface area contributed by atoms with Gasteiger partial charge in [-0.05, 0) is 99.2 Å². The van der Waals surface area contributed by atoms with Gasteiger partial charge in [-0.15, -0.1) is 0 Å². The molecule has 4 aliphatic rings. The zero-order chi connectivity index (χ0) is 17.8. The van der Waals surface area contributed by atoms with E-state index in [1.807, 2.05) is 0 Å². The summed E-state index contributed by atoms with van der Waals surface area (Å²) in [6, 6.07) is 0. The Morgan fingerprint density at radius 2 is 1.76 bits per heavy atom. The Kier molecular flexibility index (Phi) is 4.56. The average Bonchev–Trinajstić information content (AvgIpc) is 2.98. The van der Waals surface area contributed by atoms with E-state index in [4.69, 9.17) is 0 Å². The Morgan fingerprint density at radius 3 is 2.48 bits per heavy atom. The van der Waals surface area contributed by atoms with E-state index >= 15 is 0 Å². The van der Waals surface area contributed by atoms with Crippen LogP contribution >= 0.6 is 0 Å². The van der Waals surface area contributed by atoms with Gasteiger partial charge in [0.2, 0.25) is 0 Å². The lowest BCUT2D eigenvalue weighted by Gasteiger charge is -2.57. The predicted molar refractivity (Wildman–Crippen MR) is 97.9 cm³/mol. The first-order valence-corrected chi connectivity index (χ1v) is 10.8. The normalized spacial score (nSPS) is 52.2. The summed E-state index contributed by atoms with van der Waals surface area (Å²) in [5.41, 5.74) is -0.268. The Bertz CT molecular complexity index is 531. The van der Waals surface area contributed by atoms with Crippen molar-refractivity contribution >= 4 is 5.78 Å². The highest BCUT2D eigenvalue weighted by Gasteiger charge is 2.58. The minimum Gasteiger partial charge on any atom is -0.390 e. The summed E-state index contributed by atoms with van der Waals surface area (Å²) >= 11 is 0. The standard InChI is InChI=1S/C22H36O3/c1-3-22(25)11-9-15-14(12-22)4-5-17-16(15)8-10-21(2)18(17)6-7-19(21)20(24)13-23/h14-19,23,25H,3-13H2,1-2H3/t14-,15+,16-,17-,18+,19-,21+,22-/m1/s1. The van der Waals surface area contributed by atoms with Crippen molar-refractivity contribution in [3.8, 4) is 0 Å². The molecule has 0 amide bonds. The van der Waals surface area contributed by atoms with Gasteiger partial charge in [0.1, 0.15) is 6.61 Å². The zero-order valence-electron chi connectivity index (χ0n) is 16.0. The molecule has 4 aliphatic carbocycles. The van der Waals surface area contributed by atoms with Crippen LogP contribution in [0.3, 0.4) is 0 Å². The van der Waals surface area contributed by atoms with Gasteiger partial charge in [0.15, 0.2) is 5.78 Å². The van der Waals surface area contributed by atoms with Gasteiger partial charge in [0, 0.05) is 5.92 Å². The molecule has 4 saturated carbocycles. The summed E-state index contributed by atoms with van der Waals surface area (Å²) in [5.74, 6) is 3.99. The topological polar surface area (TPSA) is 57.5 Å². The first kappa shape index (κ1) is 18.0. The van der Waals surface area contributed by atoms with Crippen molar-refractivity contribution in [2.24, 2.45) is 40.9 Å². The van der Waals surface area contributed by atoms with Crippen molar-refractivity contribution in [3.63, 3.8) is 0 Å². The van der Waals surface area contributed by atoms with Gasteiger partial charge in [0.25, 0.3) is 0 Å². The van der Waals surface area contributed by atoms with E-state index in [2.05, 4.69) is 13.8 Å². The van der Waals surface area contributed by atoms with Crippen LogP contribution in [0.2, 0.25) is 0 Å². The highest BCUT2D eigenvalue weighted by Crippen LogP contribution is 2.64. The molecule has 25 heavy (non-hydrogen) atoms. The lowest BCUT2D eigenvalue weighted by Crippen LogP contribution is -2.51. The van der Waals surface area contributed by atoms with Gasteiger partial charge < -0.3 is 10.2 Å². The van der Waals surface area contributed by atoms with E-state index < -0.39 is 5.60 Å². The fourth-order valence-corrected chi connectivity index (χ4v) is 7.92. The van der Waals surface area contributed by atoms with E-state index in [1.165, 1.54) is 32.1 Å². The third-order valence-electron chi connectivity index (χ3n) is 9.31. The predicted octanol–water partition coefficient (Wildman–Crippen LogP) is 3.96. The fourth-order valence-electron chi connectivity index (χ4n) is 7.92. The summed E-state index contributed by atoms with van der Waals surface area (Å²) in [4.78, 5) is 12.3. The second kappa shape index (κ2) is 6.34. The third-order valence-corrected chi connectivity index (χ3v) is 9.31. The van der Waals surface area contributed by atoms with Crippen LogP contribution in [0.15, 0.2) is 0 Å². The maximum atomic E-state index is 12.3. The number of fused-ring (bicyclic) bond motifs is 5. The van der Waals surface area contributed by atoms with E-state index in [0.717, 1.165) is 55.8 Å². The lowest BCUT2D eigenvalue weighted by atomic mass is 9.48. The Balaban J connectivity index is 1.52. The highest BCUT2D eigenvalue weighted by atomic mass is 16.3. The number of carbonyl (C=O) groups excluding carboxylic acids is 1. The number of hydrogen-bond donors (Lipinski definition) is 2. The first-order chi connectivity index (χ1) is 11.9. The lowest BCUT2D eigenvalue weighted by molar-refractivity contribution is -0.135. The van der Waals surface area contributed by atoms with Crippen LogP contribution in [0.4, 0.5) is 0 Å². The molecule has 142 valence electrons. The van der Waals surface area contributed by atoms with E-state index in [1.54, 1.807) is 0 Å². The molecule has 0 heterocycles. The quantitative estimate of drug-likeness (QED) is 0.812. The van der Waals surface area contributed by atoms with Crippen molar-refractivity contribution < 1.29 is 15.0 Å². The van der Waals surface area contributed by atoms with Crippen LogP contribution in [0, 0.1) is 40.9 Å². The molecule has 3 heteroatoms. The number of ketones is 1. The molecule has 0 radical (unpaired) electrons. The van der Waals surface area contributed by atoms with Crippen molar-refractivity contribution in [2.75, 3.05) is 6.61 Å². The average molecular weight is 349 g/mol. The van der Waals surface area contributed by atoms with Gasteiger partial charge in [-0.25, -0.2) is 0 Å². The Morgan fingerprint density at radius 1 is 1.00 bits per heavy atom. The number of Topliss-reactive ketones (excluding diaryl/α,β-unsaturated/α-hetero) is 1. The SMILES string of the molecule is CC[C@@]1(O)CC[C@H]2[C@H](CC[C@@H]3[C@@H]2CC[C@]2(C)[C@@H](C(=O)CO)CC[C@@H]32)C1. The van der Waals surface area contributed by atoms with Gasteiger partial charge >= 0.3 is 0 Å². The molecule has 0 aromatic heterocycles. The molecular formula is C22H36O3. The molecule has 8 atom stereocenters. The molecular weight excluding hydrogens is 312 g/mol. The minimum absolute atomic E-state index is 0.0859. The zero-order valence-corrected chi connectivity index (χ0v) is 16.0. The largest absolute Gasteiger partial charge is 0.390 e. The van der Waals surface area contributed by atoms with Crippen LogP contribution in [-0.2, 0) is 4.79 Å². The molecule has 0 saturated heterocycles. The summed E-state index contributed by atoms with van der Waals surface area (Å²) < 4.78 is 0. The van der Waals surface area contributed by atoms with E-state index in [-0.39, 0.29) is 23.7 Å². The van der Waals surface area contributed by atoms with Gasteiger partial charge in [0.05, 0.1) is 5.60 Å². The maximum absolute atomic E-state index is 12.3. The van der Waals surface area contributed by atoms with Gasteiger partial charge in [-0.1, -0.05) is 13.8 Å². The third kappa shape index (κ3) is 2.72. The van der Waals surface area contributed by atoms with Gasteiger partial charge in [-0.3, -0.25) is 4.79 Å². The van der Waals surface area contributed by atoms with Crippen LogP contribution in [-0.4, -0.2) is 28.2 Å². The van der Waals surface area contributed by atoms with Crippen LogP contribution in [0.25, 0.3) is 0 Å². The number of hydrogen-bond acceptors (Lipinski definition) is 3. The minimum atomic E-state index is -0.400. The second-order valence-corrected chi connectivity index (χ2v) is 10.1. The summed E-state index contributed by atoms with van der Waals surface area (Å²) in [5, 5.41) is 20.2. The maximum Gasteiger partial charge on any atom is 0.161 e. The molecule has 2 N–H and O–H groups in total. The monoisotopic (exact) mass is 348 g/mol. The number of aliphatic hydroxyl groups excluding tert-OH is 1. The molecule has 0 aromatic carbocycles. The highest BCUT2D eigenvalue weighted by molar-refractivity contribution is 5.83. The molecule has 0 unspecified atom stereocenters. The number of aliphatic hydroxyl groups is 2. The smallest absolute Gasteiger partial charge is 0.161 e. The molecule has 0 aromatic rings. The van der Waals surface area contributed by atoms with Crippen LogP contribution < -0.4 is 0 Å². The summed E-state index contributed by atoms with van der Waals surface area (Å²) in [6.45, 7) is 4.21. The van der Waals surface area contributed by atoms with E-state index in [0.29, 0.717) is 5.92 Å². The molecule has 4 fully saturated rings. The molecule has 0 aliphatic heterocycles. The van der Waals surface area contributed by atoms with Crippen molar-refractivity contribution in [1.29, 1.82) is 0 Å². The van der Waals surface area contributed by atoms with E-state index in [9.17, 15) is 15.0 Å². The first-order valence-electron chi connectivity index (χ1n) is 10.8. The molecule has 4 rings (SSSR count). The van der Waals surface area contributed by atoms with Crippen LogP contribution in [0.1, 0.15) is 78.1 Å². The molecule has 0 spiro atoms. The molecule has 0 bridgehead atoms. The second-order valence-electron chi connectivity index (χ2n) is 10.1. The Hall–Kier alpha value is -0.410. The number of rotatable bonds is 3. The van der Waals surface area contributed by atoms with Crippen molar-refractivity contribution in [1.82, 2.24) is 0 Å². The Labute approximate surface area is 152 Å². The fraction of sp³-hybridized carbons (Fsp3) is 0.955. The summed E-state index contributed by atoms with van der Waals surface area (Å²) in [7, 11) is 0. The summed E-state index contributed by atoms with van der Waals surface area (Å²) in [6.07, 6.45) is 11.3.